The van der Waals surface area contributed by atoms with Crippen molar-refractivity contribution in [2.75, 3.05) is 0 Å². The zero-order valence-electron chi connectivity index (χ0n) is 10.5. The van der Waals surface area contributed by atoms with Gasteiger partial charge < -0.3 is 9.73 Å². The Bertz CT molecular complexity index is 474. The van der Waals surface area contributed by atoms with Crippen LogP contribution in [0.4, 0.5) is 0 Å². The summed E-state index contributed by atoms with van der Waals surface area (Å²) in [7, 11) is 0. The minimum atomic E-state index is -0.331. The van der Waals surface area contributed by atoms with Crippen LogP contribution in [-0.2, 0) is 0 Å². The van der Waals surface area contributed by atoms with Gasteiger partial charge in [0.2, 0.25) is 0 Å². The number of carbonyl (C=O) groups excluding carboxylic acids is 1. The van der Waals surface area contributed by atoms with Crippen LogP contribution in [0.1, 0.15) is 36.2 Å². The van der Waals surface area contributed by atoms with Crippen molar-refractivity contribution in [3.63, 3.8) is 0 Å². The third kappa shape index (κ3) is 2.73. The van der Waals surface area contributed by atoms with E-state index in [2.05, 4.69) is 16.2 Å². The van der Waals surface area contributed by atoms with Gasteiger partial charge in [-0.2, -0.15) is 0 Å². The van der Waals surface area contributed by atoms with Gasteiger partial charge in [0, 0.05) is 6.04 Å². The number of hydrogen-bond donors (Lipinski definition) is 3. The molecular weight excluding hydrogens is 262 g/mol. The summed E-state index contributed by atoms with van der Waals surface area (Å²) >= 11 is 5.19. The third-order valence-electron chi connectivity index (χ3n) is 4.09. The molecule has 2 saturated carbocycles. The number of hydrogen-bond acceptors (Lipinski definition) is 3. The van der Waals surface area contributed by atoms with Gasteiger partial charge in [0.05, 0.1) is 6.26 Å². The van der Waals surface area contributed by atoms with E-state index in [1.165, 1.54) is 31.9 Å². The summed E-state index contributed by atoms with van der Waals surface area (Å²) in [5.74, 6) is 1.53. The van der Waals surface area contributed by atoms with Crippen LogP contribution in [0, 0.1) is 11.8 Å². The van der Waals surface area contributed by atoms with Crippen LogP contribution in [0.25, 0.3) is 0 Å². The molecule has 102 valence electrons. The SMILES string of the molecule is O=C(NNC(=S)N[C@@H]1C[C@@H]2CC[C@@H]1C2)c1ccco1. The lowest BCUT2D eigenvalue weighted by Crippen LogP contribution is -2.50. The van der Waals surface area contributed by atoms with Crippen molar-refractivity contribution in [3.05, 3.63) is 24.2 Å². The molecule has 3 N–H and O–H groups in total. The normalized spacial score (nSPS) is 28.1. The molecule has 6 heteroatoms. The summed E-state index contributed by atoms with van der Waals surface area (Å²) in [6, 6.07) is 3.73. The highest BCUT2D eigenvalue weighted by Gasteiger charge is 2.39. The largest absolute Gasteiger partial charge is 0.459 e. The molecule has 2 aliphatic rings. The lowest BCUT2D eigenvalue weighted by Gasteiger charge is -2.24. The first-order valence-electron chi connectivity index (χ1n) is 6.62. The minimum absolute atomic E-state index is 0.259. The number of thiocarbonyl (C=S) groups is 1. The molecule has 19 heavy (non-hydrogen) atoms. The Balaban J connectivity index is 1.43. The monoisotopic (exact) mass is 279 g/mol. The van der Waals surface area contributed by atoms with Crippen LogP contribution in [0.3, 0.4) is 0 Å². The van der Waals surface area contributed by atoms with Gasteiger partial charge in [0.1, 0.15) is 0 Å². The molecule has 3 atom stereocenters. The fourth-order valence-electron chi connectivity index (χ4n) is 3.21. The fraction of sp³-hybridized carbons (Fsp3) is 0.538. The Morgan fingerprint density at radius 1 is 1.32 bits per heavy atom. The van der Waals surface area contributed by atoms with E-state index in [1.807, 2.05) is 0 Å². The third-order valence-corrected chi connectivity index (χ3v) is 4.31. The second-order valence-corrected chi connectivity index (χ2v) is 5.72. The van der Waals surface area contributed by atoms with Crippen LogP contribution < -0.4 is 16.2 Å². The van der Waals surface area contributed by atoms with E-state index in [9.17, 15) is 4.79 Å². The predicted molar refractivity (Wildman–Crippen MR) is 74.3 cm³/mol. The highest BCUT2D eigenvalue weighted by molar-refractivity contribution is 7.80. The molecule has 3 rings (SSSR count). The van der Waals surface area contributed by atoms with E-state index in [0.29, 0.717) is 11.2 Å². The van der Waals surface area contributed by atoms with E-state index < -0.39 is 0 Å². The average molecular weight is 279 g/mol. The maximum Gasteiger partial charge on any atom is 0.305 e. The molecule has 2 aliphatic carbocycles. The number of amides is 1. The van der Waals surface area contributed by atoms with Gasteiger partial charge in [-0.15, -0.1) is 0 Å². The van der Waals surface area contributed by atoms with Crippen molar-refractivity contribution in [2.24, 2.45) is 11.8 Å². The maximum absolute atomic E-state index is 11.6. The van der Waals surface area contributed by atoms with Gasteiger partial charge >= 0.3 is 5.91 Å². The molecule has 2 bridgehead atoms. The Hall–Kier alpha value is -1.56. The first-order valence-corrected chi connectivity index (χ1v) is 7.03. The van der Waals surface area contributed by atoms with Gasteiger partial charge in [0.15, 0.2) is 10.9 Å². The highest BCUT2D eigenvalue weighted by atomic mass is 32.1. The number of rotatable bonds is 2. The maximum atomic E-state index is 11.6. The van der Waals surface area contributed by atoms with Gasteiger partial charge in [-0.05, 0) is 55.4 Å². The highest BCUT2D eigenvalue weighted by Crippen LogP contribution is 2.44. The number of carbonyl (C=O) groups is 1. The van der Waals surface area contributed by atoms with Crippen molar-refractivity contribution in [3.8, 4) is 0 Å². The molecule has 1 heterocycles. The summed E-state index contributed by atoms with van der Waals surface area (Å²) in [4.78, 5) is 11.6. The minimum Gasteiger partial charge on any atom is -0.459 e. The molecule has 1 aromatic heterocycles. The standard InChI is InChI=1S/C13H17N3O2S/c17-12(11-2-1-5-18-11)15-16-13(19)14-10-7-8-3-4-9(10)6-8/h1-2,5,8-10H,3-4,6-7H2,(H,15,17)(H2,14,16,19)/t8-,9-,10-/m1/s1. The lowest BCUT2D eigenvalue weighted by molar-refractivity contribution is 0.0915. The van der Waals surface area contributed by atoms with Crippen molar-refractivity contribution >= 4 is 23.2 Å². The van der Waals surface area contributed by atoms with Gasteiger partial charge in [0.25, 0.3) is 0 Å². The van der Waals surface area contributed by atoms with E-state index >= 15 is 0 Å². The van der Waals surface area contributed by atoms with E-state index in [4.69, 9.17) is 16.6 Å². The van der Waals surface area contributed by atoms with E-state index in [0.717, 1.165) is 11.8 Å². The molecule has 0 unspecified atom stereocenters. The van der Waals surface area contributed by atoms with Crippen molar-refractivity contribution in [2.45, 2.75) is 31.7 Å². The van der Waals surface area contributed by atoms with Crippen LogP contribution in [0.15, 0.2) is 22.8 Å². The number of furan rings is 1. The first-order chi connectivity index (χ1) is 9.22. The molecule has 2 fully saturated rings. The summed E-state index contributed by atoms with van der Waals surface area (Å²) < 4.78 is 4.99. The molecule has 1 amide bonds. The Morgan fingerprint density at radius 2 is 2.21 bits per heavy atom. The lowest BCUT2D eigenvalue weighted by atomic mass is 9.96. The first kappa shape index (κ1) is 12.5. The Labute approximate surface area is 117 Å². The molecule has 0 aromatic carbocycles. The summed E-state index contributed by atoms with van der Waals surface area (Å²) in [6.45, 7) is 0. The van der Waals surface area contributed by atoms with Crippen molar-refractivity contribution in [1.29, 1.82) is 0 Å². The van der Waals surface area contributed by atoms with Crippen LogP contribution in [0.5, 0.6) is 0 Å². The molecule has 1 aromatic rings. The molecular formula is C13H17N3O2S. The summed E-state index contributed by atoms with van der Waals surface area (Å²) in [5, 5.41) is 3.76. The summed E-state index contributed by atoms with van der Waals surface area (Å²) in [6.07, 6.45) is 6.63. The number of hydrazine groups is 1. The second kappa shape index (κ2) is 5.21. The zero-order valence-corrected chi connectivity index (χ0v) is 11.3. The smallest absolute Gasteiger partial charge is 0.305 e. The summed E-state index contributed by atoms with van der Waals surface area (Å²) in [5.41, 5.74) is 5.23. The zero-order chi connectivity index (χ0) is 13.2. The van der Waals surface area contributed by atoms with Gasteiger partial charge in [-0.1, -0.05) is 6.42 Å². The average Bonchev–Trinajstić information content (AvgIpc) is 3.12. The van der Waals surface area contributed by atoms with E-state index in [-0.39, 0.29) is 11.7 Å². The Morgan fingerprint density at radius 3 is 2.84 bits per heavy atom. The van der Waals surface area contributed by atoms with Crippen molar-refractivity contribution < 1.29 is 9.21 Å². The molecule has 0 spiro atoms. The van der Waals surface area contributed by atoms with Gasteiger partial charge in [-0.3, -0.25) is 15.6 Å². The molecule has 0 aliphatic heterocycles. The number of fused-ring (bicyclic) bond motifs is 2. The second-order valence-electron chi connectivity index (χ2n) is 5.31. The fourth-order valence-corrected chi connectivity index (χ4v) is 3.41. The van der Waals surface area contributed by atoms with Crippen LogP contribution >= 0.6 is 12.2 Å². The van der Waals surface area contributed by atoms with Crippen molar-refractivity contribution in [1.82, 2.24) is 16.2 Å². The van der Waals surface area contributed by atoms with Gasteiger partial charge in [-0.25, -0.2) is 0 Å². The van der Waals surface area contributed by atoms with E-state index in [1.54, 1.807) is 12.1 Å². The van der Waals surface area contributed by atoms with Crippen LogP contribution in [-0.4, -0.2) is 17.1 Å². The number of nitrogens with one attached hydrogen (secondary N) is 3. The molecule has 5 nitrogen and oxygen atoms in total. The Kier molecular flexibility index (Phi) is 3.42. The molecule has 0 saturated heterocycles. The topological polar surface area (TPSA) is 66.3 Å². The van der Waals surface area contributed by atoms with Crippen LogP contribution in [0.2, 0.25) is 0 Å². The quantitative estimate of drug-likeness (QED) is 0.566. The predicted octanol–water partition coefficient (Wildman–Crippen LogP) is 1.58. The molecule has 0 radical (unpaired) electrons.